The Morgan fingerprint density at radius 1 is 1.00 bits per heavy atom. The average molecular weight is 608 g/mol. The van der Waals surface area contributed by atoms with Gasteiger partial charge in [0.1, 0.15) is 18.0 Å². The van der Waals surface area contributed by atoms with E-state index in [1.807, 2.05) is 19.1 Å². The van der Waals surface area contributed by atoms with Gasteiger partial charge in [-0.3, -0.25) is 29.3 Å². The number of carbonyl (C=O) groups excluding carboxylic acids is 4. The number of ketones is 1. The van der Waals surface area contributed by atoms with Crippen LogP contribution in [-0.4, -0.2) is 45.0 Å². The van der Waals surface area contributed by atoms with Gasteiger partial charge in [-0.2, -0.15) is 5.01 Å². The van der Waals surface area contributed by atoms with Gasteiger partial charge in [-0.25, -0.2) is 5.01 Å². The van der Waals surface area contributed by atoms with E-state index in [1.165, 1.54) is 66.7 Å². The molecule has 0 spiro atoms. The molecule has 214 valence electrons. The Morgan fingerprint density at radius 3 is 2.24 bits per heavy atom. The Hall–Kier alpha value is -4.54. The van der Waals surface area contributed by atoms with Crippen molar-refractivity contribution in [3.05, 3.63) is 110 Å². The zero-order valence-corrected chi connectivity index (χ0v) is 23.6. The average Bonchev–Trinajstić information content (AvgIpc) is 3.22. The van der Waals surface area contributed by atoms with Crippen LogP contribution in [0.25, 0.3) is 0 Å². The SMILES string of the molecule is C[C@@H]1C=CC[C@@H]2C(=O)N(N(CC(=O)c3ccc(Oc4ccc([N+](=O)[O-])cc4)cc3)C(=O)c3ccc(Cl)cc3Cl)C(=O)[C@H]12. The van der Waals surface area contributed by atoms with Gasteiger partial charge in [0.2, 0.25) is 0 Å². The molecule has 3 aromatic carbocycles. The van der Waals surface area contributed by atoms with E-state index in [4.69, 9.17) is 27.9 Å². The van der Waals surface area contributed by atoms with Crippen LogP contribution in [0.5, 0.6) is 11.5 Å². The zero-order valence-electron chi connectivity index (χ0n) is 22.1. The van der Waals surface area contributed by atoms with Crippen LogP contribution < -0.4 is 4.74 Å². The number of amides is 3. The van der Waals surface area contributed by atoms with E-state index in [-0.39, 0.29) is 32.8 Å². The van der Waals surface area contributed by atoms with Crippen molar-refractivity contribution in [1.29, 1.82) is 0 Å². The molecule has 1 fully saturated rings. The van der Waals surface area contributed by atoms with E-state index < -0.39 is 46.8 Å². The largest absolute Gasteiger partial charge is 0.457 e. The van der Waals surface area contributed by atoms with Crippen molar-refractivity contribution in [2.24, 2.45) is 17.8 Å². The van der Waals surface area contributed by atoms with Crippen molar-refractivity contribution < 1.29 is 28.8 Å². The van der Waals surface area contributed by atoms with Crippen molar-refractivity contribution >= 4 is 52.4 Å². The molecule has 12 heteroatoms. The first-order valence-corrected chi connectivity index (χ1v) is 13.7. The lowest BCUT2D eigenvalue weighted by Gasteiger charge is -2.30. The minimum Gasteiger partial charge on any atom is -0.457 e. The Morgan fingerprint density at radius 2 is 1.64 bits per heavy atom. The topological polar surface area (TPSA) is 127 Å². The van der Waals surface area contributed by atoms with Crippen molar-refractivity contribution in [3.63, 3.8) is 0 Å². The number of ether oxygens (including phenoxy) is 1. The number of hydrazine groups is 1. The smallest absolute Gasteiger partial charge is 0.274 e. The van der Waals surface area contributed by atoms with Crippen LogP contribution in [0.4, 0.5) is 5.69 Å². The second-order valence-electron chi connectivity index (χ2n) is 9.93. The number of benzene rings is 3. The minimum absolute atomic E-state index is 0.00393. The highest BCUT2D eigenvalue weighted by atomic mass is 35.5. The highest BCUT2D eigenvalue weighted by Crippen LogP contribution is 2.39. The van der Waals surface area contributed by atoms with Gasteiger partial charge >= 0.3 is 0 Å². The maximum atomic E-state index is 13.8. The molecule has 3 aromatic rings. The van der Waals surface area contributed by atoms with Gasteiger partial charge in [-0.1, -0.05) is 42.3 Å². The fourth-order valence-electron chi connectivity index (χ4n) is 5.11. The van der Waals surface area contributed by atoms with Crippen molar-refractivity contribution in [2.45, 2.75) is 13.3 Å². The molecule has 2 aliphatic rings. The third-order valence-electron chi connectivity index (χ3n) is 7.24. The summed E-state index contributed by atoms with van der Waals surface area (Å²) in [5.41, 5.74) is 0.0854. The molecule has 3 atom stereocenters. The van der Waals surface area contributed by atoms with E-state index >= 15 is 0 Å². The molecule has 0 unspecified atom stereocenters. The number of Topliss-reactive ketones (excluding diaryl/α,β-unsaturated/α-hetero) is 1. The monoisotopic (exact) mass is 607 g/mol. The molecule has 3 amide bonds. The summed E-state index contributed by atoms with van der Waals surface area (Å²) in [7, 11) is 0. The van der Waals surface area contributed by atoms with E-state index in [0.717, 1.165) is 10.0 Å². The van der Waals surface area contributed by atoms with Crippen LogP contribution in [-0.2, 0) is 9.59 Å². The number of non-ortho nitro benzene ring substituents is 1. The minimum atomic E-state index is -0.802. The number of carbonyl (C=O) groups is 4. The quantitative estimate of drug-likeness (QED) is 0.0990. The summed E-state index contributed by atoms with van der Waals surface area (Å²) in [4.78, 5) is 64.5. The van der Waals surface area contributed by atoms with Crippen molar-refractivity contribution in [1.82, 2.24) is 10.0 Å². The summed E-state index contributed by atoms with van der Waals surface area (Å²) in [6.07, 6.45) is 4.06. The highest BCUT2D eigenvalue weighted by molar-refractivity contribution is 6.36. The van der Waals surface area contributed by atoms with Gasteiger partial charge in [0.15, 0.2) is 5.78 Å². The van der Waals surface area contributed by atoms with E-state index in [9.17, 15) is 29.3 Å². The number of allylic oxidation sites excluding steroid dienone is 2. The summed E-state index contributed by atoms with van der Waals surface area (Å²) in [5.74, 6) is -3.26. The molecular formula is C30H23Cl2N3O7. The third-order valence-corrected chi connectivity index (χ3v) is 7.79. The molecular weight excluding hydrogens is 585 g/mol. The number of hydrogen-bond donors (Lipinski definition) is 0. The number of rotatable bonds is 8. The molecule has 0 radical (unpaired) electrons. The molecule has 0 aromatic heterocycles. The van der Waals surface area contributed by atoms with Crippen LogP contribution in [0.1, 0.15) is 34.1 Å². The fraction of sp³-hybridized carbons (Fsp3) is 0.200. The molecule has 0 N–H and O–H groups in total. The Kier molecular flexibility index (Phi) is 8.11. The molecule has 5 rings (SSSR count). The predicted molar refractivity (Wildman–Crippen MR) is 153 cm³/mol. The lowest BCUT2D eigenvalue weighted by molar-refractivity contribution is -0.384. The zero-order chi connectivity index (χ0) is 30.1. The van der Waals surface area contributed by atoms with Crippen LogP contribution in [0.3, 0.4) is 0 Å². The Labute approximate surface area is 250 Å². The molecule has 10 nitrogen and oxygen atoms in total. The van der Waals surface area contributed by atoms with Crippen LogP contribution in [0.2, 0.25) is 10.0 Å². The van der Waals surface area contributed by atoms with Crippen LogP contribution >= 0.6 is 23.2 Å². The normalized spacial score (nSPS) is 19.4. The number of hydrogen-bond acceptors (Lipinski definition) is 7. The van der Waals surface area contributed by atoms with E-state index in [2.05, 4.69) is 0 Å². The molecule has 42 heavy (non-hydrogen) atoms. The van der Waals surface area contributed by atoms with Crippen molar-refractivity contribution in [3.8, 4) is 11.5 Å². The second-order valence-corrected chi connectivity index (χ2v) is 10.8. The van der Waals surface area contributed by atoms with Gasteiger partial charge < -0.3 is 4.74 Å². The molecule has 1 heterocycles. The maximum Gasteiger partial charge on any atom is 0.274 e. The van der Waals surface area contributed by atoms with E-state index in [0.29, 0.717) is 17.9 Å². The third kappa shape index (κ3) is 5.63. The molecule has 1 aliphatic carbocycles. The molecule has 1 saturated heterocycles. The number of fused-ring (bicyclic) bond motifs is 1. The molecule has 0 bridgehead atoms. The van der Waals surface area contributed by atoms with Gasteiger partial charge in [0.25, 0.3) is 23.4 Å². The Balaban J connectivity index is 1.40. The summed E-state index contributed by atoms with van der Waals surface area (Å²) >= 11 is 12.3. The lowest BCUT2D eigenvalue weighted by Crippen LogP contribution is -2.52. The standard InChI is InChI=1S/C30H23Cl2N3O7/c1-17-3-2-4-24-27(17)30(39)34(29(24)38)33(28(37)23-14-7-19(31)15-25(23)32)16-26(36)18-5-10-21(11-6-18)42-22-12-8-20(9-13-22)35(40)41/h2-3,5-15,17,24,27H,4,16H2,1H3/t17-,24+,27-/m1/s1. The van der Waals surface area contributed by atoms with E-state index in [1.54, 1.807) is 0 Å². The summed E-state index contributed by atoms with van der Waals surface area (Å²) in [5, 5.41) is 12.8. The first kappa shape index (κ1) is 29.0. The van der Waals surface area contributed by atoms with Crippen LogP contribution in [0, 0.1) is 27.9 Å². The second kappa shape index (κ2) is 11.8. The summed E-state index contributed by atoms with van der Waals surface area (Å²) in [6.45, 7) is 1.22. The highest BCUT2D eigenvalue weighted by Gasteiger charge is 2.53. The Bertz CT molecular complexity index is 1620. The maximum absolute atomic E-state index is 13.8. The first-order chi connectivity index (χ1) is 20.0. The first-order valence-electron chi connectivity index (χ1n) is 12.9. The van der Waals surface area contributed by atoms with Crippen molar-refractivity contribution in [2.75, 3.05) is 6.54 Å². The predicted octanol–water partition coefficient (Wildman–Crippen LogP) is 6.13. The van der Waals surface area contributed by atoms with Gasteiger partial charge in [0.05, 0.1) is 27.3 Å². The fourth-order valence-corrected chi connectivity index (χ4v) is 5.60. The number of nitro benzene ring substituents is 1. The molecule has 1 aliphatic heterocycles. The number of nitrogens with zero attached hydrogens (tertiary/aromatic N) is 3. The van der Waals surface area contributed by atoms with Gasteiger partial charge in [0, 0.05) is 22.7 Å². The van der Waals surface area contributed by atoms with Gasteiger partial charge in [-0.05, 0) is 66.9 Å². The van der Waals surface area contributed by atoms with Gasteiger partial charge in [-0.15, -0.1) is 0 Å². The summed E-state index contributed by atoms with van der Waals surface area (Å²) in [6, 6.07) is 15.7. The molecule has 0 saturated carbocycles. The lowest BCUT2D eigenvalue weighted by atomic mass is 9.78. The van der Waals surface area contributed by atoms with Crippen LogP contribution in [0.15, 0.2) is 78.9 Å². The number of halogens is 2. The number of nitro groups is 1. The summed E-state index contributed by atoms with van der Waals surface area (Å²) < 4.78 is 5.69. The number of imide groups is 1.